The highest BCUT2D eigenvalue weighted by atomic mass is 19.1. The third kappa shape index (κ3) is 5.41. The molecule has 3 N–H and O–H groups in total. The highest BCUT2D eigenvalue weighted by Crippen LogP contribution is 2.09. The Morgan fingerprint density at radius 2 is 2.19 bits per heavy atom. The quantitative estimate of drug-likeness (QED) is 0.696. The molecule has 0 saturated carbocycles. The molecule has 1 fully saturated rings. The summed E-state index contributed by atoms with van der Waals surface area (Å²) in [5, 5.41) is 15.2. The Kier molecular flexibility index (Phi) is 6.10. The SMILES string of the molecule is O=C(CN(CCO)CC1CCCN1)Nc1ccc(F)cc1. The van der Waals surface area contributed by atoms with Gasteiger partial charge in [0.2, 0.25) is 5.91 Å². The van der Waals surface area contributed by atoms with Crippen LogP contribution in [0.5, 0.6) is 0 Å². The third-order valence-electron chi connectivity index (χ3n) is 3.55. The van der Waals surface area contributed by atoms with Crippen molar-refractivity contribution in [3.05, 3.63) is 30.1 Å². The van der Waals surface area contributed by atoms with Gasteiger partial charge in [-0.15, -0.1) is 0 Å². The van der Waals surface area contributed by atoms with Gasteiger partial charge in [-0.05, 0) is 43.7 Å². The third-order valence-corrected chi connectivity index (χ3v) is 3.55. The van der Waals surface area contributed by atoms with Crippen LogP contribution < -0.4 is 10.6 Å². The summed E-state index contributed by atoms with van der Waals surface area (Å²) in [6.45, 7) is 2.47. The number of carbonyl (C=O) groups excluding carboxylic acids is 1. The highest BCUT2D eigenvalue weighted by Gasteiger charge is 2.19. The summed E-state index contributed by atoms with van der Waals surface area (Å²) >= 11 is 0. The Morgan fingerprint density at radius 3 is 2.81 bits per heavy atom. The number of rotatable bonds is 7. The van der Waals surface area contributed by atoms with Crippen LogP contribution in [0.4, 0.5) is 10.1 Å². The zero-order valence-corrected chi connectivity index (χ0v) is 12.0. The second-order valence-electron chi connectivity index (χ2n) is 5.31. The van der Waals surface area contributed by atoms with Crippen molar-refractivity contribution >= 4 is 11.6 Å². The lowest BCUT2D eigenvalue weighted by Gasteiger charge is -2.24. The minimum absolute atomic E-state index is 0.0244. The Morgan fingerprint density at radius 1 is 1.43 bits per heavy atom. The molecule has 116 valence electrons. The summed E-state index contributed by atoms with van der Waals surface area (Å²) in [4.78, 5) is 13.9. The maximum absolute atomic E-state index is 12.8. The average molecular weight is 295 g/mol. The summed E-state index contributed by atoms with van der Waals surface area (Å²) in [5.41, 5.74) is 0.573. The molecular weight excluding hydrogens is 273 g/mol. The molecule has 1 aliphatic rings. The molecule has 1 amide bonds. The van der Waals surface area contributed by atoms with E-state index in [9.17, 15) is 9.18 Å². The fourth-order valence-corrected chi connectivity index (χ4v) is 2.54. The molecule has 1 atom stereocenters. The first-order chi connectivity index (χ1) is 10.2. The average Bonchev–Trinajstić information content (AvgIpc) is 2.94. The number of benzene rings is 1. The lowest BCUT2D eigenvalue weighted by molar-refractivity contribution is -0.117. The maximum atomic E-state index is 12.8. The van der Waals surface area contributed by atoms with E-state index in [4.69, 9.17) is 5.11 Å². The number of nitrogens with one attached hydrogen (secondary N) is 2. The minimum Gasteiger partial charge on any atom is -0.395 e. The van der Waals surface area contributed by atoms with Crippen molar-refractivity contribution < 1.29 is 14.3 Å². The van der Waals surface area contributed by atoms with E-state index >= 15 is 0 Å². The molecule has 21 heavy (non-hydrogen) atoms. The first-order valence-corrected chi connectivity index (χ1v) is 7.29. The van der Waals surface area contributed by atoms with Crippen molar-refractivity contribution in [3.8, 4) is 0 Å². The van der Waals surface area contributed by atoms with Crippen molar-refractivity contribution in [2.45, 2.75) is 18.9 Å². The number of halogens is 1. The first kappa shape index (κ1) is 15.9. The fourth-order valence-electron chi connectivity index (χ4n) is 2.54. The van der Waals surface area contributed by atoms with Gasteiger partial charge in [0.05, 0.1) is 13.2 Å². The Bertz CT molecular complexity index is 447. The van der Waals surface area contributed by atoms with Crippen LogP contribution in [0.25, 0.3) is 0 Å². The van der Waals surface area contributed by atoms with Crippen molar-refractivity contribution in [3.63, 3.8) is 0 Å². The van der Waals surface area contributed by atoms with Gasteiger partial charge in [0, 0.05) is 24.8 Å². The molecule has 0 spiro atoms. The molecule has 2 rings (SSSR count). The Labute approximate surface area is 124 Å². The van der Waals surface area contributed by atoms with Gasteiger partial charge < -0.3 is 15.7 Å². The summed E-state index contributed by atoms with van der Waals surface area (Å²) < 4.78 is 12.8. The number of nitrogens with zero attached hydrogens (tertiary/aromatic N) is 1. The van der Waals surface area contributed by atoms with Crippen LogP contribution in [-0.2, 0) is 4.79 Å². The van der Waals surface area contributed by atoms with Crippen LogP contribution in [0.2, 0.25) is 0 Å². The maximum Gasteiger partial charge on any atom is 0.238 e. The summed E-state index contributed by atoms with van der Waals surface area (Å²) in [6.07, 6.45) is 2.25. The minimum atomic E-state index is -0.331. The van der Waals surface area contributed by atoms with Gasteiger partial charge in [-0.25, -0.2) is 4.39 Å². The molecule has 1 aromatic rings. The van der Waals surface area contributed by atoms with E-state index in [1.165, 1.54) is 24.3 Å². The van der Waals surface area contributed by atoms with E-state index in [2.05, 4.69) is 10.6 Å². The predicted octanol–water partition coefficient (Wildman–Crippen LogP) is 0.810. The second kappa shape index (κ2) is 8.07. The summed E-state index contributed by atoms with van der Waals surface area (Å²) in [6, 6.07) is 6.06. The van der Waals surface area contributed by atoms with Gasteiger partial charge in [-0.1, -0.05) is 0 Å². The molecule has 1 aliphatic heterocycles. The number of amides is 1. The summed E-state index contributed by atoms with van der Waals surface area (Å²) in [5.74, 6) is -0.490. The second-order valence-corrected chi connectivity index (χ2v) is 5.31. The summed E-state index contributed by atoms with van der Waals surface area (Å²) in [7, 11) is 0. The molecule has 1 aromatic carbocycles. The number of aliphatic hydroxyl groups is 1. The molecule has 0 radical (unpaired) electrons. The number of carbonyl (C=O) groups is 1. The fraction of sp³-hybridized carbons (Fsp3) is 0.533. The molecule has 5 nitrogen and oxygen atoms in total. The van der Waals surface area contributed by atoms with E-state index < -0.39 is 0 Å². The number of hydrogen-bond acceptors (Lipinski definition) is 4. The monoisotopic (exact) mass is 295 g/mol. The van der Waals surface area contributed by atoms with Gasteiger partial charge in [-0.2, -0.15) is 0 Å². The smallest absolute Gasteiger partial charge is 0.238 e. The van der Waals surface area contributed by atoms with Crippen LogP contribution in [0.15, 0.2) is 24.3 Å². The van der Waals surface area contributed by atoms with Gasteiger partial charge in [0.15, 0.2) is 0 Å². The standard InChI is InChI=1S/C15H22FN3O2/c16-12-3-5-13(6-4-12)18-15(21)11-19(8-9-20)10-14-2-1-7-17-14/h3-6,14,17,20H,1-2,7-11H2,(H,18,21). The van der Waals surface area contributed by atoms with E-state index in [1.54, 1.807) is 0 Å². The van der Waals surface area contributed by atoms with Crippen LogP contribution in [-0.4, -0.2) is 54.7 Å². The predicted molar refractivity (Wildman–Crippen MR) is 79.6 cm³/mol. The van der Waals surface area contributed by atoms with Gasteiger partial charge in [0.1, 0.15) is 5.82 Å². The lowest BCUT2D eigenvalue weighted by atomic mass is 10.2. The van der Waals surface area contributed by atoms with Gasteiger partial charge in [-0.3, -0.25) is 9.69 Å². The highest BCUT2D eigenvalue weighted by molar-refractivity contribution is 5.92. The molecule has 1 unspecified atom stereocenters. The van der Waals surface area contributed by atoms with Crippen LogP contribution in [0.3, 0.4) is 0 Å². The van der Waals surface area contributed by atoms with Crippen molar-refractivity contribution in [2.24, 2.45) is 0 Å². The van der Waals surface area contributed by atoms with Gasteiger partial charge >= 0.3 is 0 Å². The molecule has 0 bridgehead atoms. The largest absolute Gasteiger partial charge is 0.395 e. The molecule has 1 saturated heterocycles. The van der Waals surface area contributed by atoms with E-state index in [1.807, 2.05) is 4.90 Å². The van der Waals surface area contributed by atoms with Crippen molar-refractivity contribution in [1.29, 1.82) is 0 Å². The van der Waals surface area contributed by atoms with E-state index in [0.717, 1.165) is 25.9 Å². The topological polar surface area (TPSA) is 64.6 Å². The van der Waals surface area contributed by atoms with Crippen LogP contribution in [0, 0.1) is 5.82 Å². The Balaban J connectivity index is 1.83. The molecule has 1 heterocycles. The van der Waals surface area contributed by atoms with Crippen molar-refractivity contribution in [2.75, 3.05) is 38.1 Å². The molecule has 0 aliphatic carbocycles. The number of aliphatic hydroxyl groups excluding tert-OH is 1. The number of anilines is 1. The zero-order chi connectivity index (χ0) is 15.1. The van der Waals surface area contributed by atoms with E-state index in [0.29, 0.717) is 18.3 Å². The normalized spacial score (nSPS) is 18.1. The van der Waals surface area contributed by atoms with E-state index in [-0.39, 0.29) is 24.9 Å². The van der Waals surface area contributed by atoms with Crippen LogP contribution in [0.1, 0.15) is 12.8 Å². The van der Waals surface area contributed by atoms with Crippen LogP contribution >= 0.6 is 0 Å². The molecule has 6 heteroatoms. The molecule has 0 aromatic heterocycles. The first-order valence-electron chi connectivity index (χ1n) is 7.29. The molecular formula is C15H22FN3O2. The lowest BCUT2D eigenvalue weighted by Crippen LogP contribution is -2.42. The van der Waals surface area contributed by atoms with Crippen molar-refractivity contribution in [1.82, 2.24) is 10.2 Å². The Hall–Kier alpha value is -1.50. The number of hydrogen-bond donors (Lipinski definition) is 3. The van der Waals surface area contributed by atoms with Gasteiger partial charge in [0.25, 0.3) is 0 Å². The zero-order valence-electron chi connectivity index (χ0n) is 12.0.